The summed E-state index contributed by atoms with van der Waals surface area (Å²) in [5.41, 5.74) is 0.0608. The number of carbonyl (C=O) groups is 1. The highest BCUT2D eigenvalue weighted by Gasteiger charge is 2.30. The number of likely N-dealkylation sites (N-methyl/N-ethyl adjacent to an activating group) is 1. The van der Waals surface area contributed by atoms with Crippen molar-refractivity contribution in [3.63, 3.8) is 0 Å². The maximum Gasteiger partial charge on any atom is 0.416 e. The number of amides is 1. The van der Waals surface area contributed by atoms with Gasteiger partial charge in [-0.3, -0.25) is 4.79 Å². The van der Waals surface area contributed by atoms with E-state index in [1.165, 1.54) is 12.1 Å². The molecule has 1 saturated carbocycles. The first kappa shape index (κ1) is 14.8. The van der Waals surface area contributed by atoms with Crippen LogP contribution in [0.1, 0.15) is 24.0 Å². The molecule has 1 aromatic rings. The largest absolute Gasteiger partial charge is 0.416 e. The van der Waals surface area contributed by atoms with Crippen LogP contribution in [0.4, 0.5) is 13.2 Å². The molecule has 2 rings (SSSR count). The average molecular weight is 286 g/mol. The van der Waals surface area contributed by atoms with Crippen LogP contribution in [0.2, 0.25) is 0 Å². The van der Waals surface area contributed by atoms with Gasteiger partial charge in [0.25, 0.3) is 0 Å². The summed E-state index contributed by atoms with van der Waals surface area (Å²) >= 11 is 0. The van der Waals surface area contributed by atoms with Crippen LogP contribution in [0.15, 0.2) is 24.3 Å². The minimum atomic E-state index is -4.31. The molecule has 0 aromatic heterocycles. The molecule has 6 heteroatoms. The van der Waals surface area contributed by atoms with Crippen molar-refractivity contribution in [2.75, 3.05) is 13.6 Å². The Morgan fingerprint density at radius 1 is 1.30 bits per heavy atom. The topological polar surface area (TPSA) is 32.3 Å². The van der Waals surface area contributed by atoms with Gasteiger partial charge in [-0.25, -0.2) is 0 Å². The Balaban J connectivity index is 1.78. The molecule has 0 heterocycles. The van der Waals surface area contributed by atoms with E-state index in [2.05, 4.69) is 5.32 Å². The van der Waals surface area contributed by atoms with Crippen molar-refractivity contribution in [2.45, 2.75) is 31.6 Å². The minimum Gasteiger partial charge on any atom is -0.342 e. The number of halogens is 3. The normalized spacial score (nSPS) is 15.2. The highest BCUT2D eigenvalue weighted by atomic mass is 19.4. The molecule has 0 saturated heterocycles. The zero-order chi connectivity index (χ0) is 14.8. The van der Waals surface area contributed by atoms with E-state index >= 15 is 0 Å². The van der Waals surface area contributed by atoms with Gasteiger partial charge in [-0.15, -0.1) is 0 Å². The quantitative estimate of drug-likeness (QED) is 0.901. The molecule has 0 radical (unpaired) electrons. The van der Waals surface area contributed by atoms with Crippen LogP contribution >= 0.6 is 0 Å². The number of hydrogen-bond acceptors (Lipinski definition) is 2. The summed E-state index contributed by atoms with van der Waals surface area (Å²) in [4.78, 5) is 13.4. The van der Waals surface area contributed by atoms with Gasteiger partial charge in [0.2, 0.25) is 5.91 Å². The minimum absolute atomic E-state index is 0.0133. The lowest BCUT2D eigenvalue weighted by molar-refractivity contribution is -0.137. The number of nitrogens with zero attached hydrogens (tertiary/aromatic N) is 1. The number of alkyl halides is 3. The first-order valence-corrected chi connectivity index (χ1v) is 6.50. The molecule has 1 amide bonds. The van der Waals surface area contributed by atoms with E-state index in [9.17, 15) is 18.0 Å². The first-order valence-electron chi connectivity index (χ1n) is 6.50. The molecule has 110 valence electrons. The molecule has 0 spiro atoms. The molecule has 0 bridgehead atoms. The first-order chi connectivity index (χ1) is 9.38. The Labute approximate surface area is 115 Å². The third-order valence-electron chi connectivity index (χ3n) is 3.37. The maximum atomic E-state index is 12.4. The van der Waals surface area contributed by atoms with Crippen molar-refractivity contribution in [3.05, 3.63) is 35.4 Å². The standard InChI is InChI=1S/C14H17F3N2O/c1-19(12-6-7-12)13(20)9-18-8-10-2-4-11(5-3-10)14(15,16)17/h2-5,12,18H,6-9H2,1H3. The van der Waals surface area contributed by atoms with Crippen LogP contribution in [-0.4, -0.2) is 30.4 Å². The second-order valence-corrected chi connectivity index (χ2v) is 5.03. The van der Waals surface area contributed by atoms with Crippen molar-refractivity contribution >= 4 is 5.91 Å². The predicted octanol–water partition coefficient (Wildman–Crippen LogP) is 2.42. The third kappa shape index (κ3) is 3.96. The number of carbonyl (C=O) groups excluding carboxylic acids is 1. The summed E-state index contributed by atoms with van der Waals surface area (Å²) in [6.45, 7) is 0.580. The lowest BCUT2D eigenvalue weighted by atomic mass is 10.1. The van der Waals surface area contributed by atoms with Gasteiger partial charge in [-0.05, 0) is 30.5 Å². The number of nitrogens with one attached hydrogen (secondary N) is 1. The Kier molecular flexibility index (Phi) is 4.32. The van der Waals surface area contributed by atoms with E-state index in [4.69, 9.17) is 0 Å². The van der Waals surface area contributed by atoms with Gasteiger partial charge in [-0.1, -0.05) is 12.1 Å². The van der Waals surface area contributed by atoms with Crippen molar-refractivity contribution in [3.8, 4) is 0 Å². The molecule has 3 nitrogen and oxygen atoms in total. The molecular formula is C14H17F3N2O. The van der Waals surface area contributed by atoms with Gasteiger partial charge >= 0.3 is 6.18 Å². The molecule has 1 aromatic carbocycles. The van der Waals surface area contributed by atoms with Gasteiger partial charge < -0.3 is 10.2 Å². The molecule has 0 aliphatic heterocycles. The molecule has 0 unspecified atom stereocenters. The summed E-state index contributed by atoms with van der Waals surface area (Å²) < 4.78 is 37.1. The molecule has 1 aliphatic carbocycles. The Morgan fingerprint density at radius 2 is 1.90 bits per heavy atom. The highest BCUT2D eigenvalue weighted by Crippen LogP contribution is 2.29. The van der Waals surface area contributed by atoms with Crippen LogP contribution < -0.4 is 5.32 Å². The fraction of sp³-hybridized carbons (Fsp3) is 0.500. The van der Waals surface area contributed by atoms with Crippen molar-refractivity contribution < 1.29 is 18.0 Å². The number of hydrogen-bond donors (Lipinski definition) is 1. The summed E-state index contributed by atoms with van der Waals surface area (Å²) in [6.07, 6.45) is -2.20. The fourth-order valence-electron chi connectivity index (χ4n) is 1.92. The highest BCUT2D eigenvalue weighted by molar-refractivity contribution is 5.78. The van der Waals surface area contributed by atoms with Crippen LogP contribution in [0.5, 0.6) is 0 Å². The second kappa shape index (κ2) is 5.83. The van der Waals surface area contributed by atoms with E-state index in [1.807, 2.05) is 0 Å². The molecule has 1 N–H and O–H groups in total. The predicted molar refractivity (Wildman–Crippen MR) is 68.9 cm³/mol. The SMILES string of the molecule is CN(C(=O)CNCc1ccc(C(F)(F)F)cc1)C1CC1. The molecular weight excluding hydrogens is 269 g/mol. The zero-order valence-corrected chi connectivity index (χ0v) is 11.2. The van der Waals surface area contributed by atoms with E-state index < -0.39 is 11.7 Å². The van der Waals surface area contributed by atoms with Gasteiger partial charge in [0.15, 0.2) is 0 Å². The van der Waals surface area contributed by atoms with Crippen molar-refractivity contribution in [1.29, 1.82) is 0 Å². The van der Waals surface area contributed by atoms with E-state index in [-0.39, 0.29) is 12.5 Å². The molecule has 1 aliphatic rings. The summed E-state index contributed by atoms with van der Waals surface area (Å²) in [7, 11) is 1.78. The summed E-state index contributed by atoms with van der Waals surface area (Å²) in [5, 5.41) is 2.95. The van der Waals surface area contributed by atoms with Crippen LogP contribution in [0.3, 0.4) is 0 Å². The van der Waals surface area contributed by atoms with Crippen LogP contribution in [0.25, 0.3) is 0 Å². The second-order valence-electron chi connectivity index (χ2n) is 5.03. The van der Waals surface area contributed by atoms with E-state index in [0.717, 1.165) is 30.5 Å². The summed E-state index contributed by atoms with van der Waals surface area (Å²) in [5.74, 6) is 0.0133. The smallest absolute Gasteiger partial charge is 0.342 e. The average Bonchev–Trinajstić information content (AvgIpc) is 3.21. The van der Waals surface area contributed by atoms with Gasteiger partial charge in [-0.2, -0.15) is 13.2 Å². The van der Waals surface area contributed by atoms with Gasteiger partial charge in [0.05, 0.1) is 12.1 Å². The number of benzene rings is 1. The monoisotopic (exact) mass is 286 g/mol. The third-order valence-corrected chi connectivity index (χ3v) is 3.37. The molecule has 1 fully saturated rings. The lowest BCUT2D eigenvalue weighted by Gasteiger charge is -2.16. The lowest BCUT2D eigenvalue weighted by Crippen LogP contribution is -2.36. The van der Waals surface area contributed by atoms with E-state index in [0.29, 0.717) is 12.6 Å². The van der Waals surface area contributed by atoms with Gasteiger partial charge in [0.1, 0.15) is 0 Å². The Bertz CT molecular complexity index is 466. The van der Waals surface area contributed by atoms with E-state index in [1.54, 1.807) is 11.9 Å². The maximum absolute atomic E-state index is 12.4. The Hall–Kier alpha value is -1.56. The van der Waals surface area contributed by atoms with Crippen molar-refractivity contribution in [2.24, 2.45) is 0 Å². The fourth-order valence-corrected chi connectivity index (χ4v) is 1.92. The van der Waals surface area contributed by atoms with Crippen LogP contribution in [0, 0.1) is 0 Å². The molecule has 20 heavy (non-hydrogen) atoms. The van der Waals surface area contributed by atoms with Crippen LogP contribution in [-0.2, 0) is 17.5 Å². The molecule has 0 atom stereocenters. The zero-order valence-electron chi connectivity index (χ0n) is 11.2. The number of rotatable bonds is 5. The summed E-state index contributed by atoms with van der Waals surface area (Å²) in [6, 6.07) is 5.32. The van der Waals surface area contributed by atoms with Gasteiger partial charge in [0, 0.05) is 19.6 Å². The Morgan fingerprint density at radius 3 is 2.40 bits per heavy atom. The van der Waals surface area contributed by atoms with Crippen molar-refractivity contribution in [1.82, 2.24) is 10.2 Å².